The van der Waals surface area contributed by atoms with Crippen molar-refractivity contribution in [2.24, 2.45) is 0 Å². The van der Waals surface area contributed by atoms with Crippen LogP contribution in [0.4, 0.5) is 11.4 Å². The molecule has 0 radical (unpaired) electrons. The first-order valence-electron chi connectivity index (χ1n) is 18.6. The molecule has 0 unspecified atom stereocenters. The molecule has 0 spiro atoms. The zero-order chi connectivity index (χ0) is 35.9. The van der Waals surface area contributed by atoms with E-state index >= 15 is 0 Å². The van der Waals surface area contributed by atoms with Crippen molar-refractivity contribution in [3.8, 4) is 33.8 Å². The summed E-state index contributed by atoms with van der Waals surface area (Å²) in [6.45, 7) is 0. The van der Waals surface area contributed by atoms with Crippen LogP contribution in [-0.4, -0.2) is 28.2 Å². The highest BCUT2D eigenvalue weighted by atomic mass is 16.5. The van der Waals surface area contributed by atoms with E-state index in [-0.39, 0.29) is 14.1 Å². The van der Waals surface area contributed by atoms with Gasteiger partial charge in [-0.1, -0.05) is 146 Å². The molecule has 0 amide bonds. The Kier molecular flexibility index (Phi) is 6.84. The molecule has 254 valence electrons. The van der Waals surface area contributed by atoms with Gasteiger partial charge in [0.15, 0.2) is 0 Å². The minimum absolute atomic E-state index is 0.247. The summed E-state index contributed by atoms with van der Waals surface area (Å²) < 4.78 is 13.3. The normalized spacial score (nSPS) is 13.5. The summed E-state index contributed by atoms with van der Waals surface area (Å²) in [7, 11) is 3.75. The molecule has 9 aromatic rings. The van der Waals surface area contributed by atoms with Crippen LogP contribution in [0.2, 0.25) is 0 Å². The predicted octanol–water partition coefficient (Wildman–Crippen LogP) is 10.1. The summed E-state index contributed by atoms with van der Waals surface area (Å²) in [6, 6.07) is 61.4. The molecule has 2 heterocycles. The van der Waals surface area contributed by atoms with Crippen LogP contribution in [0.3, 0.4) is 0 Å². The fourth-order valence-corrected chi connectivity index (χ4v) is 8.97. The highest BCUT2D eigenvalue weighted by Gasteiger charge is 2.38. The summed E-state index contributed by atoms with van der Waals surface area (Å²) in [5.41, 5.74) is 9.28. The lowest BCUT2D eigenvalue weighted by Gasteiger charge is -2.23. The van der Waals surface area contributed by atoms with E-state index in [0.717, 1.165) is 33.8 Å². The minimum atomic E-state index is -0.247. The maximum Gasteiger partial charge on any atom is 0.519 e. The van der Waals surface area contributed by atoms with Crippen LogP contribution >= 0.6 is 0 Å². The van der Waals surface area contributed by atoms with Gasteiger partial charge in [0.05, 0.1) is 11.4 Å². The molecule has 0 bridgehead atoms. The molecule has 6 heteroatoms. The van der Waals surface area contributed by atoms with E-state index < -0.39 is 0 Å². The second-order valence-corrected chi connectivity index (χ2v) is 14.5. The van der Waals surface area contributed by atoms with E-state index in [1.807, 2.05) is 12.1 Å². The summed E-state index contributed by atoms with van der Waals surface area (Å²) in [4.78, 5) is 4.48. The first-order valence-corrected chi connectivity index (χ1v) is 18.6. The standard InChI is InChI=1S/C48H34B2N2O2/c1-51-43-21-7-9-23-45(43)53-49(51)33-25-27-39-41(29-33)47(37-19-11-15-31-13-3-5-17-35(31)37)40-28-26-34(50-52(2)44-22-8-10-24-46(44)54-50)30-42(40)48(39)38-20-12-16-32-14-4-6-18-36(32)38/h3-30H,1-2H3. The molecule has 0 fully saturated rings. The molecule has 54 heavy (non-hydrogen) atoms. The van der Waals surface area contributed by atoms with Crippen LogP contribution in [0.15, 0.2) is 170 Å². The van der Waals surface area contributed by atoms with E-state index in [0.29, 0.717) is 0 Å². The van der Waals surface area contributed by atoms with Gasteiger partial charge < -0.3 is 18.9 Å². The van der Waals surface area contributed by atoms with Gasteiger partial charge in [-0.2, -0.15) is 0 Å². The Morgan fingerprint density at radius 3 is 1.24 bits per heavy atom. The number of benzene rings is 9. The molecule has 0 saturated carbocycles. The third kappa shape index (κ3) is 4.59. The van der Waals surface area contributed by atoms with Crippen molar-refractivity contribution in [3.05, 3.63) is 170 Å². The number of para-hydroxylation sites is 4. The van der Waals surface area contributed by atoms with Gasteiger partial charge in [0, 0.05) is 0 Å². The highest BCUT2D eigenvalue weighted by molar-refractivity contribution is 6.74. The average Bonchev–Trinajstić information content (AvgIpc) is 3.75. The van der Waals surface area contributed by atoms with Crippen molar-refractivity contribution in [1.82, 2.24) is 0 Å². The molecule has 0 aliphatic carbocycles. The molecular formula is C48H34B2N2O2. The molecule has 0 saturated heterocycles. The van der Waals surface area contributed by atoms with Gasteiger partial charge in [-0.05, 0) is 115 Å². The molecule has 9 aromatic carbocycles. The smallest absolute Gasteiger partial charge is 0.519 e. The molecule has 4 nitrogen and oxygen atoms in total. The number of hydrogen-bond donors (Lipinski definition) is 0. The zero-order valence-electron chi connectivity index (χ0n) is 30.0. The van der Waals surface area contributed by atoms with Crippen LogP contribution in [0.5, 0.6) is 11.5 Å². The SMILES string of the molecule is CN1B(c2ccc3c(-c4cccc5ccccc45)c4cc(B5Oc6ccccc6N5C)ccc4c(-c4cccc5ccccc45)c3c2)Oc2ccccc21. The Hall–Kier alpha value is -6.65. The fourth-order valence-electron chi connectivity index (χ4n) is 8.97. The molecule has 11 rings (SSSR count). The number of fused-ring (bicyclic) bond motifs is 6. The van der Waals surface area contributed by atoms with Crippen molar-refractivity contribution in [2.45, 2.75) is 0 Å². The third-order valence-electron chi connectivity index (χ3n) is 11.5. The lowest BCUT2D eigenvalue weighted by Crippen LogP contribution is -2.47. The molecule has 0 atom stereocenters. The first-order chi connectivity index (χ1) is 26.6. The topological polar surface area (TPSA) is 24.9 Å². The summed E-state index contributed by atoms with van der Waals surface area (Å²) in [5.74, 6) is 1.81. The van der Waals surface area contributed by atoms with Crippen molar-refractivity contribution in [1.29, 1.82) is 0 Å². The van der Waals surface area contributed by atoms with Crippen LogP contribution in [0.1, 0.15) is 0 Å². The van der Waals surface area contributed by atoms with Gasteiger partial charge in [-0.15, -0.1) is 0 Å². The Morgan fingerprint density at radius 2 is 0.778 bits per heavy atom. The largest absolute Gasteiger partial charge is 0.536 e. The lowest BCUT2D eigenvalue weighted by molar-refractivity contribution is 0.602. The number of anilines is 2. The van der Waals surface area contributed by atoms with Crippen LogP contribution in [0.25, 0.3) is 65.3 Å². The van der Waals surface area contributed by atoms with Crippen LogP contribution in [-0.2, 0) is 0 Å². The fraction of sp³-hybridized carbons (Fsp3) is 0.0417. The number of rotatable bonds is 4. The van der Waals surface area contributed by atoms with Crippen molar-refractivity contribution in [2.75, 3.05) is 23.7 Å². The second kappa shape index (κ2) is 11.9. The molecule has 2 aliphatic rings. The van der Waals surface area contributed by atoms with Gasteiger partial charge in [-0.25, -0.2) is 0 Å². The molecule has 0 aromatic heterocycles. The minimum Gasteiger partial charge on any atom is -0.536 e. The molecule has 2 aliphatic heterocycles. The Labute approximate surface area is 315 Å². The van der Waals surface area contributed by atoms with Crippen LogP contribution in [0, 0.1) is 0 Å². The highest BCUT2D eigenvalue weighted by Crippen LogP contribution is 2.47. The van der Waals surface area contributed by atoms with Gasteiger partial charge in [0.25, 0.3) is 0 Å². The van der Waals surface area contributed by atoms with Gasteiger partial charge in [-0.3, -0.25) is 0 Å². The number of hydrogen-bond acceptors (Lipinski definition) is 4. The maximum atomic E-state index is 6.65. The first kappa shape index (κ1) is 30.9. The van der Waals surface area contributed by atoms with Crippen LogP contribution < -0.4 is 29.9 Å². The second-order valence-electron chi connectivity index (χ2n) is 14.5. The predicted molar refractivity (Wildman–Crippen MR) is 229 cm³/mol. The van der Waals surface area contributed by atoms with Crippen molar-refractivity contribution < 1.29 is 9.31 Å². The summed E-state index contributed by atoms with van der Waals surface area (Å²) >= 11 is 0. The van der Waals surface area contributed by atoms with Crippen molar-refractivity contribution >= 4 is 79.5 Å². The Balaban J connectivity index is 1.25. The van der Waals surface area contributed by atoms with Gasteiger partial charge in [0.2, 0.25) is 0 Å². The monoisotopic (exact) mass is 692 g/mol. The average molecular weight is 692 g/mol. The third-order valence-corrected chi connectivity index (χ3v) is 11.5. The van der Waals surface area contributed by atoms with Gasteiger partial charge >= 0.3 is 14.1 Å². The van der Waals surface area contributed by atoms with Crippen molar-refractivity contribution in [3.63, 3.8) is 0 Å². The molecular weight excluding hydrogens is 658 g/mol. The number of nitrogens with zero attached hydrogens (tertiary/aromatic N) is 2. The molecule has 0 N–H and O–H groups in total. The van der Waals surface area contributed by atoms with E-state index in [4.69, 9.17) is 9.31 Å². The van der Waals surface area contributed by atoms with E-state index in [9.17, 15) is 0 Å². The quantitative estimate of drug-likeness (QED) is 0.135. The van der Waals surface area contributed by atoms with E-state index in [2.05, 4.69) is 181 Å². The Bertz CT molecular complexity index is 2770. The summed E-state index contributed by atoms with van der Waals surface area (Å²) in [6.07, 6.45) is 0. The zero-order valence-corrected chi connectivity index (χ0v) is 30.0. The Morgan fingerprint density at radius 1 is 0.370 bits per heavy atom. The lowest BCUT2D eigenvalue weighted by atomic mass is 9.69. The van der Waals surface area contributed by atoms with E-state index in [1.54, 1.807) is 0 Å². The summed E-state index contributed by atoms with van der Waals surface area (Å²) in [5, 5.41) is 9.68. The maximum absolute atomic E-state index is 6.65. The van der Waals surface area contributed by atoms with E-state index in [1.165, 1.54) is 65.3 Å². The van der Waals surface area contributed by atoms with Gasteiger partial charge in [0.1, 0.15) is 11.5 Å².